The highest BCUT2D eigenvalue weighted by Crippen LogP contribution is 2.40. The fraction of sp³-hybridized carbons (Fsp3) is 0.231. The first kappa shape index (κ1) is 13.6. The van der Waals surface area contributed by atoms with Crippen molar-refractivity contribution in [1.82, 2.24) is 0 Å². The van der Waals surface area contributed by atoms with Gasteiger partial charge in [0.1, 0.15) is 0 Å². The van der Waals surface area contributed by atoms with E-state index in [2.05, 4.69) is 57.0 Å². The van der Waals surface area contributed by atoms with Crippen LogP contribution in [0, 0.1) is 13.8 Å². The largest absolute Gasteiger partial charge is 0.133 e. The van der Waals surface area contributed by atoms with Gasteiger partial charge in [0.2, 0.25) is 0 Å². The first-order valence-electron chi connectivity index (χ1n) is 5.15. The van der Waals surface area contributed by atoms with Gasteiger partial charge in [0.05, 0.1) is 8.61 Å². The van der Waals surface area contributed by atoms with Gasteiger partial charge in [-0.3, -0.25) is 0 Å². The minimum atomic E-state index is 0.151. The Labute approximate surface area is 127 Å². The van der Waals surface area contributed by atoms with Crippen LogP contribution >= 0.6 is 54.8 Å². The molecule has 0 spiro atoms. The number of hydrogen-bond donors (Lipinski definition) is 0. The van der Waals surface area contributed by atoms with Crippen LogP contribution in [0.25, 0.3) is 0 Å². The molecule has 1 aromatic carbocycles. The number of benzene rings is 1. The average molecular weight is 395 g/mol. The molecule has 0 aliphatic rings. The molecule has 90 valence electrons. The summed E-state index contributed by atoms with van der Waals surface area (Å²) in [6.45, 7) is 4.17. The van der Waals surface area contributed by atoms with Gasteiger partial charge in [-0.15, -0.1) is 11.3 Å². The first-order chi connectivity index (χ1) is 7.99. The lowest BCUT2D eigenvalue weighted by Crippen LogP contribution is -1.94. The Bertz CT molecular complexity index is 548. The summed E-state index contributed by atoms with van der Waals surface area (Å²) < 4.78 is 1.15. The number of alkyl halides is 1. The Morgan fingerprint density at radius 1 is 1.18 bits per heavy atom. The molecular formula is C13H11Br2ClS. The van der Waals surface area contributed by atoms with Crippen molar-refractivity contribution in [2.24, 2.45) is 0 Å². The molecule has 0 bridgehead atoms. The molecule has 0 N–H and O–H groups in total. The van der Waals surface area contributed by atoms with Gasteiger partial charge in [0, 0.05) is 9.90 Å². The number of rotatable bonds is 2. The standard InChI is InChI=1S/C13H11Br2ClS/c1-7-3-4-9(11(16)5-7)13(15)10-6-12(14)17-8(10)2/h3-6,13H,1-2H3. The third-order valence-electron chi connectivity index (χ3n) is 2.63. The predicted octanol–water partition coefficient (Wildman–Crippen LogP) is 6.27. The van der Waals surface area contributed by atoms with Crippen LogP contribution in [0.4, 0.5) is 0 Å². The van der Waals surface area contributed by atoms with Gasteiger partial charge in [-0.1, -0.05) is 39.7 Å². The topological polar surface area (TPSA) is 0 Å². The van der Waals surface area contributed by atoms with Crippen LogP contribution in [0.2, 0.25) is 5.02 Å². The van der Waals surface area contributed by atoms with Crippen molar-refractivity contribution in [3.05, 3.63) is 54.6 Å². The number of halogens is 3. The van der Waals surface area contributed by atoms with E-state index in [0.29, 0.717) is 0 Å². The van der Waals surface area contributed by atoms with Crippen molar-refractivity contribution in [2.75, 3.05) is 0 Å². The second kappa shape index (κ2) is 5.43. The van der Waals surface area contributed by atoms with E-state index < -0.39 is 0 Å². The monoisotopic (exact) mass is 392 g/mol. The molecule has 1 heterocycles. The number of aryl methyl sites for hydroxylation is 2. The van der Waals surface area contributed by atoms with Crippen molar-refractivity contribution in [3.63, 3.8) is 0 Å². The van der Waals surface area contributed by atoms with Gasteiger partial charge in [0.25, 0.3) is 0 Å². The summed E-state index contributed by atoms with van der Waals surface area (Å²) in [6, 6.07) is 8.33. The lowest BCUT2D eigenvalue weighted by Gasteiger charge is -2.12. The molecule has 0 amide bonds. The molecule has 4 heteroatoms. The van der Waals surface area contributed by atoms with E-state index in [9.17, 15) is 0 Å². The molecule has 2 aromatic rings. The lowest BCUT2D eigenvalue weighted by molar-refractivity contribution is 1.16. The van der Waals surface area contributed by atoms with Gasteiger partial charge >= 0.3 is 0 Å². The Hall–Kier alpha value is 0.170. The zero-order chi connectivity index (χ0) is 12.6. The molecule has 0 saturated carbocycles. The van der Waals surface area contributed by atoms with Crippen LogP contribution in [0.5, 0.6) is 0 Å². The molecule has 1 atom stereocenters. The highest BCUT2D eigenvalue weighted by molar-refractivity contribution is 9.11. The number of hydrogen-bond acceptors (Lipinski definition) is 1. The van der Waals surface area contributed by atoms with E-state index in [1.54, 1.807) is 11.3 Å². The molecule has 17 heavy (non-hydrogen) atoms. The van der Waals surface area contributed by atoms with Gasteiger partial charge in [-0.25, -0.2) is 0 Å². The smallest absolute Gasteiger partial charge is 0.0704 e. The zero-order valence-corrected chi connectivity index (χ0v) is 14.2. The molecule has 0 radical (unpaired) electrons. The van der Waals surface area contributed by atoms with Crippen LogP contribution in [0.3, 0.4) is 0 Å². The molecule has 0 aliphatic heterocycles. The molecule has 1 unspecified atom stereocenters. The van der Waals surface area contributed by atoms with Crippen molar-refractivity contribution < 1.29 is 0 Å². The second-order valence-electron chi connectivity index (χ2n) is 3.95. The summed E-state index contributed by atoms with van der Waals surface area (Å²) in [6.07, 6.45) is 0. The summed E-state index contributed by atoms with van der Waals surface area (Å²) in [5.41, 5.74) is 3.57. The van der Waals surface area contributed by atoms with E-state index in [1.807, 2.05) is 13.0 Å². The van der Waals surface area contributed by atoms with Crippen LogP contribution in [0.15, 0.2) is 28.1 Å². The average Bonchev–Trinajstić information content (AvgIpc) is 2.57. The second-order valence-corrected chi connectivity index (χ2v) is 7.91. The minimum Gasteiger partial charge on any atom is -0.133 e. The summed E-state index contributed by atoms with van der Waals surface area (Å²) in [4.78, 5) is 1.45. The Morgan fingerprint density at radius 2 is 1.88 bits per heavy atom. The highest BCUT2D eigenvalue weighted by Gasteiger charge is 2.17. The SMILES string of the molecule is Cc1ccc(C(Br)c2cc(Br)sc2C)c(Cl)c1. The van der Waals surface area contributed by atoms with E-state index in [-0.39, 0.29) is 4.83 Å². The fourth-order valence-corrected chi connectivity index (χ4v) is 4.97. The maximum absolute atomic E-state index is 6.30. The molecule has 1 aromatic heterocycles. The predicted molar refractivity (Wildman–Crippen MR) is 83.7 cm³/mol. The minimum absolute atomic E-state index is 0.151. The summed E-state index contributed by atoms with van der Waals surface area (Å²) in [5.74, 6) is 0. The van der Waals surface area contributed by atoms with E-state index in [0.717, 1.165) is 14.4 Å². The highest BCUT2D eigenvalue weighted by atomic mass is 79.9. The molecule has 0 nitrogen and oxygen atoms in total. The summed E-state index contributed by atoms with van der Waals surface area (Å²) in [7, 11) is 0. The Kier molecular flexibility index (Phi) is 4.35. The van der Waals surface area contributed by atoms with Crippen LogP contribution in [-0.2, 0) is 0 Å². The van der Waals surface area contributed by atoms with Gasteiger partial charge in [-0.2, -0.15) is 0 Å². The molecular weight excluding hydrogens is 383 g/mol. The van der Waals surface area contributed by atoms with Crippen molar-refractivity contribution in [1.29, 1.82) is 0 Å². The van der Waals surface area contributed by atoms with Crippen LogP contribution < -0.4 is 0 Å². The third-order valence-corrected chi connectivity index (χ3v) is 5.51. The maximum atomic E-state index is 6.30. The molecule has 0 saturated heterocycles. The van der Waals surface area contributed by atoms with Crippen LogP contribution in [0.1, 0.15) is 26.4 Å². The molecule has 0 fully saturated rings. The molecule has 2 rings (SSSR count). The summed E-state index contributed by atoms with van der Waals surface area (Å²) in [5, 5.41) is 0.814. The molecule has 0 aliphatic carbocycles. The quantitative estimate of drug-likeness (QED) is 0.527. The van der Waals surface area contributed by atoms with Gasteiger partial charge in [-0.05, 0) is 58.6 Å². The Balaban J connectivity index is 2.43. The van der Waals surface area contributed by atoms with Crippen molar-refractivity contribution in [2.45, 2.75) is 18.7 Å². The maximum Gasteiger partial charge on any atom is 0.0704 e. The number of thiophene rings is 1. The fourth-order valence-electron chi connectivity index (χ4n) is 1.72. The van der Waals surface area contributed by atoms with Gasteiger partial charge in [0.15, 0.2) is 0 Å². The van der Waals surface area contributed by atoms with E-state index in [1.165, 1.54) is 16.0 Å². The Morgan fingerprint density at radius 3 is 2.41 bits per heavy atom. The lowest BCUT2D eigenvalue weighted by atomic mass is 10.0. The summed E-state index contributed by atoms with van der Waals surface area (Å²) >= 11 is 15.3. The van der Waals surface area contributed by atoms with E-state index in [4.69, 9.17) is 11.6 Å². The van der Waals surface area contributed by atoms with Crippen LogP contribution in [-0.4, -0.2) is 0 Å². The zero-order valence-electron chi connectivity index (χ0n) is 9.43. The third kappa shape index (κ3) is 2.95. The first-order valence-corrected chi connectivity index (χ1v) is 8.05. The van der Waals surface area contributed by atoms with Gasteiger partial charge < -0.3 is 0 Å². The van der Waals surface area contributed by atoms with E-state index >= 15 is 0 Å². The van der Waals surface area contributed by atoms with Crippen molar-refractivity contribution in [3.8, 4) is 0 Å². The normalized spacial score (nSPS) is 12.8. The van der Waals surface area contributed by atoms with Crippen molar-refractivity contribution >= 4 is 54.8 Å².